The van der Waals surface area contributed by atoms with Crippen LogP contribution in [0.15, 0.2) is 35.3 Å². The molecule has 1 heterocycles. The third-order valence-corrected chi connectivity index (χ3v) is 6.50. The maximum absolute atomic E-state index is 12.8. The summed E-state index contributed by atoms with van der Waals surface area (Å²) in [4.78, 5) is 17.1. The molecule has 1 saturated carbocycles. The second kappa shape index (κ2) is 11.7. The number of hydrogen-bond donors (Lipinski definition) is 0. The molecule has 0 aliphatic heterocycles. The molecule has 1 atom stereocenters. The lowest BCUT2D eigenvalue weighted by Gasteiger charge is -2.24. The first-order valence-corrected chi connectivity index (χ1v) is 12.8. The minimum Gasteiger partial charge on any atom is -0.452 e. The number of carbonyl (C=O) groups is 1. The SMILES string of the molecule is CCn1nc(C)cc1/C(OC(C)OC(=O)C1CCCCC1)=C(\C=N/C)c1ccc(C(C)(C)C)cc1. The molecule has 6 heteroatoms. The van der Waals surface area contributed by atoms with Gasteiger partial charge in [0.1, 0.15) is 5.69 Å². The molecule has 0 saturated heterocycles. The van der Waals surface area contributed by atoms with Crippen molar-refractivity contribution in [1.29, 1.82) is 0 Å². The van der Waals surface area contributed by atoms with Crippen molar-refractivity contribution in [3.8, 4) is 0 Å². The molecule has 0 N–H and O–H groups in total. The van der Waals surface area contributed by atoms with Crippen LogP contribution >= 0.6 is 0 Å². The summed E-state index contributed by atoms with van der Waals surface area (Å²) in [7, 11) is 1.75. The van der Waals surface area contributed by atoms with Gasteiger partial charge in [-0.1, -0.05) is 64.3 Å². The van der Waals surface area contributed by atoms with E-state index in [1.165, 1.54) is 12.0 Å². The van der Waals surface area contributed by atoms with Crippen LogP contribution in [0.2, 0.25) is 0 Å². The topological polar surface area (TPSA) is 65.7 Å². The molecule has 35 heavy (non-hydrogen) atoms. The van der Waals surface area contributed by atoms with E-state index in [1.54, 1.807) is 20.2 Å². The van der Waals surface area contributed by atoms with E-state index in [9.17, 15) is 4.79 Å². The van der Waals surface area contributed by atoms with Crippen molar-refractivity contribution in [3.05, 3.63) is 52.8 Å². The summed E-state index contributed by atoms with van der Waals surface area (Å²) in [5.74, 6) is 0.398. The van der Waals surface area contributed by atoms with E-state index >= 15 is 0 Å². The molecule has 190 valence electrons. The van der Waals surface area contributed by atoms with Crippen LogP contribution in [0, 0.1) is 12.8 Å². The fourth-order valence-corrected chi connectivity index (χ4v) is 4.56. The molecule has 1 unspecified atom stereocenters. The van der Waals surface area contributed by atoms with Crippen molar-refractivity contribution in [1.82, 2.24) is 9.78 Å². The Bertz CT molecular complexity index is 1050. The number of ether oxygens (including phenoxy) is 2. The predicted octanol–water partition coefficient (Wildman–Crippen LogP) is 6.56. The molecule has 1 aromatic heterocycles. The smallest absolute Gasteiger partial charge is 0.311 e. The van der Waals surface area contributed by atoms with Gasteiger partial charge in [-0.3, -0.25) is 14.5 Å². The third kappa shape index (κ3) is 6.83. The lowest BCUT2D eigenvalue weighted by atomic mass is 9.86. The van der Waals surface area contributed by atoms with Crippen molar-refractivity contribution in [2.45, 2.75) is 91.9 Å². The molecule has 0 amide bonds. The maximum atomic E-state index is 12.8. The first kappa shape index (κ1) is 26.7. The van der Waals surface area contributed by atoms with E-state index < -0.39 is 6.29 Å². The van der Waals surface area contributed by atoms with Crippen molar-refractivity contribution in [2.24, 2.45) is 10.9 Å². The van der Waals surface area contributed by atoms with Crippen LogP contribution in [-0.2, 0) is 26.2 Å². The number of allylic oxidation sites excluding steroid dienone is 1. The quantitative estimate of drug-likeness (QED) is 0.186. The van der Waals surface area contributed by atoms with Gasteiger partial charge in [0.25, 0.3) is 0 Å². The normalized spacial score (nSPS) is 16.8. The van der Waals surface area contributed by atoms with E-state index in [0.717, 1.165) is 48.2 Å². The highest BCUT2D eigenvalue weighted by Crippen LogP contribution is 2.31. The number of aliphatic imine (C=N–C) groups is 1. The van der Waals surface area contributed by atoms with E-state index in [-0.39, 0.29) is 17.3 Å². The van der Waals surface area contributed by atoms with Crippen LogP contribution in [0.3, 0.4) is 0 Å². The van der Waals surface area contributed by atoms with E-state index in [2.05, 4.69) is 55.1 Å². The summed E-state index contributed by atoms with van der Waals surface area (Å²) in [5.41, 5.74) is 4.83. The number of benzene rings is 1. The molecule has 0 bridgehead atoms. The number of carbonyl (C=O) groups excluding carboxylic acids is 1. The van der Waals surface area contributed by atoms with Crippen molar-refractivity contribution < 1.29 is 14.3 Å². The Morgan fingerprint density at radius 2 is 1.83 bits per heavy atom. The molecular formula is C29H41N3O3. The number of esters is 1. The highest BCUT2D eigenvalue weighted by molar-refractivity contribution is 6.18. The summed E-state index contributed by atoms with van der Waals surface area (Å²) in [6.45, 7) is 13.1. The molecule has 1 aliphatic rings. The van der Waals surface area contributed by atoms with E-state index in [4.69, 9.17) is 9.47 Å². The minimum atomic E-state index is -0.742. The highest BCUT2D eigenvalue weighted by atomic mass is 16.7. The van der Waals surface area contributed by atoms with Gasteiger partial charge in [-0.15, -0.1) is 0 Å². The van der Waals surface area contributed by atoms with Crippen LogP contribution in [0.1, 0.15) is 89.2 Å². The minimum absolute atomic E-state index is 0.0349. The Labute approximate surface area is 210 Å². The van der Waals surface area contributed by atoms with Crippen LogP contribution in [-0.4, -0.2) is 35.3 Å². The number of nitrogens with zero attached hydrogens (tertiary/aromatic N) is 3. The van der Waals surface area contributed by atoms with Gasteiger partial charge in [0.05, 0.1) is 11.6 Å². The monoisotopic (exact) mass is 479 g/mol. The largest absolute Gasteiger partial charge is 0.452 e. The van der Waals surface area contributed by atoms with Crippen molar-refractivity contribution in [3.63, 3.8) is 0 Å². The Morgan fingerprint density at radius 3 is 2.40 bits per heavy atom. The lowest BCUT2D eigenvalue weighted by Crippen LogP contribution is -2.26. The molecule has 3 rings (SSSR count). The number of hydrogen-bond acceptors (Lipinski definition) is 5. The Hall–Kier alpha value is -2.89. The summed E-state index contributed by atoms with van der Waals surface area (Å²) < 4.78 is 14.1. The summed E-state index contributed by atoms with van der Waals surface area (Å²) in [6, 6.07) is 10.5. The summed E-state index contributed by atoms with van der Waals surface area (Å²) in [5, 5.41) is 4.62. The Morgan fingerprint density at radius 1 is 1.17 bits per heavy atom. The molecule has 0 spiro atoms. The Kier molecular flexibility index (Phi) is 8.92. The Balaban J connectivity index is 2.02. The number of rotatable bonds is 8. The average Bonchev–Trinajstić information content (AvgIpc) is 3.21. The van der Waals surface area contributed by atoms with Gasteiger partial charge < -0.3 is 9.47 Å². The van der Waals surface area contributed by atoms with Gasteiger partial charge in [0.15, 0.2) is 5.76 Å². The summed E-state index contributed by atoms with van der Waals surface area (Å²) >= 11 is 0. The fourth-order valence-electron chi connectivity index (χ4n) is 4.56. The van der Waals surface area contributed by atoms with Gasteiger partial charge in [0.2, 0.25) is 6.29 Å². The van der Waals surface area contributed by atoms with Gasteiger partial charge in [0, 0.05) is 32.3 Å². The number of aryl methyl sites for hydroxylation is 2. The zero-order valence-electron chi connectivity index (χ0n) is 22.4. The third-order valence-electron chi connectivity index (χ3n) is 6.50. The van der Waals surface area contributed by atoms with Crippen LogP contribution in [0.5, 0.6) is 0 Å². The first-order valence-electron chi connectivity index (χ1n) is 12.8. The average molecular weight is 480 g/mol. The number of aromatic nitrogens is 2. The molecule has 1 fully saturated rings. The van der Waals surface area contributed by atoms with E-state index in [0.29, 0.717) is 12.3 Å². The predicted molar refractivity (Wildman–Crippen MR) is 142 cm³/mol. The first-order chi connectivity index (χ1) is 16.6. The summed E-state index contributed by atoms with van der Waals surface area (Å²) in [6.07, 6.45) is 6.20. The van der Waals surface area contributed by atoms with Gasteiger partial charge in [-0.05, 0) is 49.3 Å². The maximum Gasteiger partial charge on any atom is 0.311 e. The second-order valence-electron chi connectivity index (χ2n) is 10.4. The zero-order valence-corrected chi connectivity index (χ0v) is 22.4. The standard InChI is InChI=1S/C29H41N3O3/c1-8-32-26(18-20(2)31-32)27(34-21(3)35-28(33)23-12-10-9-11-13-23)25(19-30-7)22-14-16-24(17-15-22)29(4,5)6/h14-19,21,23H,8-13H2,1-7H3/b27-25-,30-19-. The van der Waals surface area contributed by atoms with Crippen molar-refractivity contribution >= 4 is 23.5 Å². The highest BCUT2D eigenvalue weighted by Gasteiger charge is 2.26. The molecular weight excluding hydrogens is 438 g/mol. The fraction of sp³-hybridized carbons (Fsp3) is 0.552. The molecule has 1 aliphatic carbocycles. The molecule has 6 nitrogen and oxygen atoms in total. The van der Waals surface area contributed by atoms with Crippen LogP contribution in [0.4, 0.5) is 0 Å². The van der Waals surface area contributed by atoms with E-state index in [1.807, 2.05) is 24.6 Å². The van der Waals surface area contributed by atoms with Crippen LogP contribution < -0.4 is 0 Å². The van der Waals surface area contributed by atoms with Gasteiger partial charge >= 0.3 is 5.97 Å². The lowest BCUT2D eigenvalue weighted by molar-refractivity contribution is -0.170. The van der Waals surface area contributed by atoms with Gasteiger partial charge in [-0.2, -0.15) is 5.10 Å². The molecule has 0 radical (unpaired) electrons. The van der Waals surface area contributed by atoms with Crippen LogP contribution in [0.25, 0.3) is 11.3 Å². The molecule has 1 aromatic carbocycles. The van der Waals surface area contributed by atoms with Crippen molar-refractivity contribution in [2.75, 3.05) is 7.05 Å². The van der Waals surface area contributed by atoms with Gasteiger partial charge in [-0.25, -0.2) is 0 Å². The molecule has 2 aromatic rings. The second-order valence-corrected chi connectivity index (χ2v) is 10.4. The zero-order chi connectivity index (χ0) is 25.6.